The van der Waals surface area contributed by atoms with E-state index >= 15 is 0 Å². The number of hydrazine groups is 1. The number of halogens is 1. The van der Waals surface area contributed by atoms with Crippen LogP contribution in [0.2, 0.25) is 5.02 Å². The Labute approximate surface area is 160 Å². The maximum atomic E-state index is 13.0. The third-order valence-electron chi connectivity index (χ3n) is 4.46. The van der Waals surface area contributed by atoms with Gasteiger partial charge in [0.1, 0.15) is 11.5 Å². The summed E-state index contributed by atoms with van der Waals surface area (Å²) in [5, 5.41) is 18.4. The highest BCUT2D eigenvalue weighted by Gasteiger charge is 2.51. The van der Waals surface area contributed by atoms with Crippen molar-refractivity contribution in [3.8, 4) is 11.5 Å². The van der Waals surface area contributed by atoms with E-state index in [2.05, 4.69) is 16.1 Å². The van der Waals surface area contributed by atoms with Crippen LogP contribution in [-0.2, 0) is 10.5 Å². The van der Waals surface area contributed by atoms with Gasteiger partial charge in [-0.05, 0) is 32.3 Å². The average Bonchev–Trinajstić information content (AvgIpc) is 2.91. The number of ether oxygens (including phenoxy) is 1. The van der Waals surface area contributed by atoms with E-state index in [0.717, 1.165) is 0 Å². The lowest BCUT2D eigenvalue weighted by molar-refractivity contribution is -0.384. The minimum Gasteiger partial charge on any atom is -0.455 e. The van der Waals surface area contributed by atoms with Gasteiger partial charge in [-0.15, -0.1) is 0 Å². The third kappa shape index (κ3) is 2.90. The Morgan fingerprint density at radius 3 is 2.41 bits per heavy atom. The molecule has 0 aromatic heterocycles. The van der Waals surface area contributed by atoms with Gasteiger partial charge in [0.2, 0.25) is 0 Å². The first-order valence-electron chi connectivity index (χ1n) is 8.04. The second kappa shape index (κ2) is 7.12. The Balaban J connectivity index is 2.11. The number of nitro benzene ring substituents is 1. The Morgan fingerprint density at radius 1 is 1.15 bits per heavy atom. The number of nitrogens with one attached hydrogen (secondary N) is 3. The molecule has 1 aliphatic rings. The van der Waals surface area contributed by atoms with Crippen molar-refractivity contribution >= 4 is 28.9 Å². The van der Waals surface area contributed by atoms with Crippen molar-refractivity contribution in [2.75, 3.05) is 26.2 Å². The Morgan fingerprint density at radius 2 is 1.85 bits per heavy atom. The predicted octanol–water partition coefficient (Wildman–Crippen LogP) is 2.11. The van der Waals surface area contributed by atoms with Crippen LogP contribution in [0, 0.1) is 10.1 Å². The van der Waals surface area contributed by atoms with Crippen LogP contribution in [0.1, 0.15) is 5.56 Å². The lowest BCUT2D eigenvalue weighted by Crippen LogP contribution is -2.59. The van der Waals surface area contributed by atoms with Crippen molar-refractivity contribution in [3.63, 3.8) is 0 Å². The summed E-state index contributed by atoms with van der Waals surface area (Å²) in [6.45, 7) is 0. The van der Waals surface area contributed by atoms with Gasteiger partial charge in [0, 0.05) is 19.2 Å². The number of carbonyl (C=O) groups excluding carboxylic acids is 1. The molecule has 1 aliphatic heterocycles. The Hall–Kier alpha value is -2.72. The fourth-order valence-corrected chi connectivity index (χ4v) is 3.38. The Bertz CT molecular complexity index is 916. The molecule has 2 aromatic carbocycles. The molecule has 0 spiro atoms. The summed E-state index contributed by atoms with van der Waals surface area (Å²) >= 11 is 6.15. The lowest BCUT2D eigenvalue weighted by Gasteiger charge is -2.28. The van der Waals surface area contributed by atoms with E-state index in [-0.39, 0.29) is 22.4 Å². The van der Waals surface area contributed by atoms with E-state index in [4.69, 9.17) is 16.3 Å². The maximum absolute atomic E-state index is 13.0. The first-order valence-corrected chi connectivity index (χ1v) is 8.42. The maximum Gasteiger partial charge on any atom is 0.281 e. The monoisotopic (exact) mass is 391 g/mol. The number of benzene rings is 2. The van der Waals surface area contributed by atoms with Crippen molar-refractivity contribution in [3.05, 3.63) is 57.1 Å². The molecule has 0 bridgehead atoms. The van der Waals surface area contributed by atoms with Crippen LogP contribution in [0.5, 0.6) is 11.5 Å². The molecule has 1 heterocycles. The molecule has 0 aliphatic carbocycles. The number of fused-ring (bicyclic) bond motifs is 1. The lowest BCUT2D eigenvalue weighted by atomic mass is 10.00. The molecule has 1 amide bonds. The van der Waals surface area contributed by atoms with Gasteiger partial charge in [-0.1, -0.05) is 17.7 Å². The van der Waals surface area contributed by atoms with Gasteiger partial charge in [-0.3, -0.25) is 25.5 Å². The van der Waals surface area contributed by atoms with Crippen LogP contribution in [-0.4, -0.2) is 32.0 Å². The zero-order valence-electron chi connectivity index (χ0n) is 14.9. The van der Waals surface area contributed by atoms with E-state index in [1.165, 1.54) is 23.2 Å². The Kier molecular flexibility index (Phi) is 5.03. The number of hydrogen-bond acceptors (Lipinski definition) is 7. The second-order valence-corrected chi connectivity index (χ2v) is 6.15. The average molecular weight is 392 g/mol. The zero-order chi connectivity index (χ0) is 19.8. The summed E-state index contributed by atoms with van der Waals surface area (Å²) < 4.78 is 5.95. The highest BCUT2D eigenvalue weighted by atomic mass is 35.5. The van der Waals surface area contributed by atoms with Crippen molar-refractivity contribution in [1.29, 1.82) is 0 Å². The smallest absolute Gasteiger partial charge is 0.281 e. The molecule has 0 atom stereocenters. The fourth-order valence-electron chi connectivity index (χ4n) is 3.17. The van der Waals surface area contributed by atoms with E-state index in [1.54, 1.807) is 39.3 Å². The van der Waals surface area contributed by atoms with Crippen LogP contribution >= 0.6 is 11.6 Å². The minimum absolute atomic E-state index is 0.0936. The van der Waals surface area contributed by atoms with Gasteiger partial charge in [-0.25, -0.2) is 10.4 Å². The molecular weight excluding hydrogens is 374 g/mol. The standard InChI is InChI=1S/C17H18ClN5O4/c1-19-17(20-2)15-12(22(21-3)16(17)24)5-4-6-14(15)27-13-8-7-10(23(25)26)9-11(13)18/h4-9,19-21H,1-3H3. The van der Waals surface area contributed by atoms with Gasteiger partial charge >= 0.3 is 0 Å². The topological polar surface area (TPSA) is 109 Å². The van der Waals surface area contributed by atoms with Crippen molar-refractivity contribution in [2.24, 2.45) is 0 Å². The van der Waals surface area contributed by atoms with Gasteiger partial charge in [0.25, 0.3) is 11.6 Å². The van der Waals surface area contributed by atoms with Crippen molar-refractivity contribution in [2.45, 2.75) is 5.66 Å². The summed E-state index contributed by atoms with van der Waals surface area (Å²) in [6, 6.07) is 9.17. The van der Waals surface area contributed by atoms with Crippen molar-refractivity contribution in [1.82, 2.24) is 16.1 Å². The summed E-state index contributed by atoms with van der Waals surface area (Å²) in [5.74, 6) is 0.376. The summed E-state index contributed by atoms with van der Waals surface area (Å²) in [4.78, 5) is 23.3. The van der Waals surface area contributed by atoms with Crippen molar-refractivity contribution < 1.29 is 14.5 Å². The van der Waals surface area contributed by atoms with E-state index in [9.17, 15) is 14.9 Å². The number of hydrogen-bond donors (Lipinski definition) is 3. The molecule has 0 unspecified atom stereocenters. The SMILES string of the molecule is CNN1C(=O)C(NC)(NC)c2c(Oc3ccc([N+](=O)[O-])cc3Cl)cccc21. The van der Waals surface area contributed by atoms with Crippen LogP contribution in [0.15, 0.2) is 36.4 Å². The molecule has 0 saturated carbocycles. The van der Waals surface area contributed by atoms with Gasteiger partial charge in [-0.2, -0.15) is 0 Å². The molecule has 142 valence electrons. The molecule has 10 heteroatoms. The van der Waals surface area contributed by atoms with Gasteiger partial charge in [0.05, 0.1) is 21.2 Å². The zero-order valence-corrected chi connectivity index (χ0v) is 15.6. The molecule has 9 nitrogen and oxygen atoms in total. The van der Waals surface area contributed by atoms with Gasteiger partial charge in [0.15, 0.2) is 5.66 Å². The number of non-ortho nitro benzene ring substituents is 1. The van der Waals surface area contributed by atoms with Crippen LogP contribution < -0.4 is 25.8 Å². The number of carbonyl (C=O) groups is 1. The van der Waals surface area contributed by atoms with Crippen LogP contribution in [0.25, 0.3) is 0 Å². The number of nitrogens with zero attached hydrogens (tertiary/aromatic N) is 2. The normalized spacial score (nSPS) is 15.0. The summed E-state index contributed by atoms with van der Waals surface area (Å²) in [6.07, 6.45) is 0. The number of anilines is 1. The highest BCUT2D eigenvalue weighted by Crippen LogP contribution is 2.45. The second-order valence-electron chi connectivity index (χ2n) is 5.74. The molecular formula is C17H18ClN5O4. The van der Waals surface area contributed by atoms with Crippen LogP contribution in [0.3, 0.4) is 0 Å². The number of rotatable bonds is 6. The first kappa shape index (κ1) is 19.1. The molecule has 2 aromatic rings. The summed E-state index contributed by atoms with van der Waals surface area (Å²) in [7, 11) is 4.96. The van der Waals surface area contributed by atoms with Gasteiger partial charge < -0.3 is 4.74 Å². The first-order chi connectivity index (χ1) is 12.9. The summed E-state index contributed by atoms with van der Waals surface area (Å²) in [5.41, 5.74) is 2.71. The molecule has 3 N–H and O–H groups in total. The minimum atomic E-state index is -1.21. The molecule has 3 rings (SSSR count). The third-order valence-corrected chi connectivity index (χ3v) is 4.76. The largest absolute Gasteiger partial charge is 0.455 e. The molecule has 0 radical (unpaired) electrons. The molecule has 0 saturated heterocycles. The fraction of sp³-hybridized carbons (Fsp3) is 0.235. The molecule has 27 heavy (non-hydrogen) atoms. The number of amides is 1. The number of nitro groups is 1. The van der Waals surface area contributed by atoms with E-state index in [1.807, 2.05) is 0 Å². The van der Waals surface area contributed by atoms with E-state index in [0.29, 0.717) is 17.0 Å². The quantitative estimate of drug-likeness (QED) is 0.393. The molecule has 0 fully saturated rings. The number of likely N-dealkylation sites (N-methyl/N-ethyl adjacent to an activating group) is 2. The highest BCUT2D eigenvalue weighted by molar-refractivity contribution is 6.32. The van der Waals surface area contributed by atoms with Crippen LogP contribution in [0.4, 0.5) is 11.4 Å². The van der Waals surface area contributed by atoms with E-state index < -0.39 is 10.6 Å². The predicted molar refractivity (Wildman–Crippen MR) is 101 cm³/mol.